The molecule has 0 aliphatic rings. The molecular formula is C19H26N2O3. The molecule has 0 atom stereocenters. The molecule has 0 radical (unpaired) electrons. The molecule has 130 valence electrons. The van der Waals surface area contributed by atoms with Crippen molar-refractivity contribution in [1.29, 1.82) is 0 Å². The average molecular weight is 330 g/mol. The molecular weight excluding hydrogens is 304 g/mol. The van der Waals surface area contributed by atoms with Crippen LogP contribution in [0.25, 0.3) is 6.08 Å². The molecule has 0 unspecified atom stereocenters. The van der Waals surface area contributed by atoms with Gasteiger partial charge in [-0.1, -0.05) is 24.3 Å². The lowest BCUT2D eigenvalue weighted by atomic mass is 10.2. The maximum Gasteiger partial charge on any atom is 0.330 e. The Balaban J connectivity index is 2.53. The summed E-state index contributed by atoms with van der Waals surface area (Å²) in [4.78, 5) is 25.2. The summed E-state index contributed by atoms with van der Waals surface area (Å²) in [7, 11) is 0. The summed E-state index contributed by atoms with van der Waals surface area (Å²) in [5, 5.41) is 3.11. The molecule has 1 N–H and O–H groups in total. The normalized spacial score (nSPS) is 10.5. The van der Waals surface area contributed by atoms with E-state index >= 15 is 0 Å². The number of hydrogen-bond donors (Lipinski definition) is 1. The Hall–Kier alpha value is -2.56. The number of benzene rings is 1. The Kier molecular flexibility index (Phi) is 8.33. The van der Waals surface area contributed by atoms with Crippen molar-refractivity contribution in [1.82, 2.24) is 4.90 Å². The molecule has 0 saturated carbocycles. The summed E-state index contributed by atoms with van der Waals surface area (Å²) >= 11 is 0. The van der Waals surface area contributed by atoms with Crippen LogP contribution in [-0.4, -0.2) is 43.0 Å². The fourth-order valence-corrected chi connectivity index (χ4v) is 2.06. The van der Waals surface area contributed by atoms with Crippen molar-refractivity contribution >= 4 is 23.6 Å². The van der Waals surface area contributed by atoms with Crippen LogP contribution in [0, 0.1) is 0 Å². The number of hydrogen-bond acceptors (Lipinski definition) is 4. The van der Waals surface area contributed by atoms with E-state index in [-0.39, 0.29) is 18.4 Å². The fraction of sp³-hybridized carbons (Fsp3) is 0.368. The van der Waals surface area contributed by atoms with Gasteiger partial charge in [-0.15, -0.1) is 0 Å². The number of rotatable bonds is 9. The number of carbonyl (C=O) groups is 2. The lowest BCUT2D eigenvalue weighted by Gasteiger charge is -2.21. The van der Waals surface area contributed by atoms with Gasteiger partial charge in [0.2, 0.25) is 5.91 Å². The average Bonchev–Trinajstić information content (AvgIpc) is 2.56. The number of anilines is 1. The molecule has 0 spiro atoms. The standard InChI is InChI=1S/C19H26N2O3/c1-5-21(14-15(3)4)18(22)13-20-17-10-7-16(8-11-17)9-12-19(23)24-6-2/h7-12,20H,3,5-6,13-14H2,1-2,4H3/b12-9+. The van der Waals surface area contributed by atoms with E-state index in [4.69, 9.17) is 4.74 Å². The number of carbonyl (C=O) groups excluding carboxylic acids is 2. The zero-order chi connectivity index (χ0) is 17.9. The minimum absolute atomic E-state index is 0.0341. The van der Waals surface area contributed by atoms with Gasteiger partial charge >= 0.3 is 5.97 Å². The van der Waals surface area contributed by atoms with E-state index in [9.17, 15) is 9.59 Å². The highest BCUT2D eigenvalue weighted by Gasteiger charge is 2.10. The number of amides is 1. The monoisotopic (exact) mass is 330 g/mol. The zero-order valence-corrected chi connectivity index (χ0v) is 14.7. The van der Waals surface area contributed by atoms with Crippen molar-refractivity contribution < 1.29 is 14.3 Å². The number of ether oxygens (including phenoxy) is 1. The molecule has 5 heteroatoms. The molecule has 24 heavy (non-hydrogen) atoms. The molecule has 1 aromatic rings. The summed E-state index contributed by atoms with van der Waals surface area (Å²) in [5.74, 6) is -0.325. The van der Waals surface area contributed by atoms with Gasteiger partial charge in [0.1, 0.15) is 0 Å². The van der Waals surface area contributed by atoms with Crippen LogP contribution in [0.4, 0.5) is 5.69 Å². The SMILES string of the molecule is C=C(C)CN(CC)C(=O)CNc1ccc(/C=C/C(=O)OCC)cc1. The predicted octanol–water partition coefficient (Wildman–Crippen LogP) is 3.10. The summed E-state index contributed by atoms with van der Waals surface area (Å²) in [6.45, 7) is 11.3. The van der Waals surface area contributed by atoms with Crippen LogP contribution in [-0.2, 0) is 14.3 Å². The Bertz CT molecular complexity index is 591. The molecule has 0 saturated heterocycles. The van der Waals surface area contributed by atoms with E-state index in [0.29, 0.717) is 19.7 Å². The molecule has 0 aliphatic carbocycles. The third kappa shape index (κ3) is 7.13. The summed E-state index contributed by atoms with van der Waals surface area (Å²) < 4.78 is 4.83. The molecule has 0 bridgehead atoms. The third-order valence-corrected chi connectivity index (χ3v) is 3.25. The first-order chi connectivity index (χ1) is 11.5. The number of esters is 1. The molecule has 1 rings (SSSR count). The van der Waals surface area contributed by atoms with Crippen molar-refractivity contribution in [2.24, 2.45) is 0 Å². The smallest absolute Gasteiger partial charge is 0.330 e. The number of nitrogens with zero attached hydrogens (tertiary/aromatic N) is 1. The van der Waals surface area contributed by atoms with E-state index in [2.05, 4.69) is 11.9 Å². The summed E-state index contributed by atoms with van der Waals surface area (Å²) in [6, 6.07) is 7.47. The van der Waals surface area contributed by atoms with Crippen molar-refractivity contribution in [3.8, 4) is 0 Å². The molecule has 0 fully saturated rings. The first kappa shape index (κ1) is 19.5. The van der Waals surface area contributed by atoms with Gasteiger partial charge in [0.15, 0.2) is 0 Å². The minimum Gasteiger partial charge on any atom is -0.463 e. The van der Waals surface area contributed by atoms with Crippen LogP contribution < -0.4 is 5.32 Å². The Morgan fingerprint density at radius 2 is 1.92 bits per heavy atom. The Morgan fingerprint density at radius 1 is 1.25 bits per heavy atom. The topological polar surface area (TPSA) is 58.6 Å². The van der Waals surface area contributed by atoms with Gasteiger partial charge in [0.25, 0.3) is 0 Å². The molecule has 0 aromatic heterocycles. The summed E-state index contributed by atoms with van der Waals surface area (Å²) in [6.07, 6.45) is 3.09. The minimum atomic E-state index is -0.359. The van der Waals surface area contributed by atoms with Crippen LogP contribution >= 0.6 is 0 Å². The van der Waals surface area contributed by atoms with Crippen LogP contribution in [0.2, 0.25) is 0 Å². The molecule has 0 heterocycles. The van der Waals surface area contributed by atoms with Crippen LogP contribution in [0.5, 0.6) is 0 Å². The van der Waals surface area contributed by atoms with Gasteiger partial charge in [0.05, 0.1) is 13.2 Å². The van der Waals surface area contributed by atoms with Crippen molar-refractivity contribution in [2.75, 3.05) is 31.6 Å². The molecule has 1 aromatic carbocycles. The first-order valence-electron chi connectivity index (χ1n) is 8.07. The van der Waals surface area contributed by atoms with Gasteiger partial charge in [-0.05, 0) is 44.5 Å². The first-order valence-corrected chi connectivity index (χ1v) is 8.07. The second-order valence-electron chi connectivity index (χ2n) is 5.43. The molecule has 0 aliphatic heterocycles. The van der Waals surface area contributed by atoms with Crippen LogP contribution in [0.15, 0.2) is 42.5 Å². The highest BCUT2D eigenvalue weighted by Crippen LogP contribution is 2.11. The zero-order valence-electron chi connectivity index (χ0n) is 14.7. The maximum absolute atomic E-state index is 12.1. The maximum atomic E-state index is 12.1. The quantitative estimate of drug-likeness (QED) is 0.429. The lowest BCUT2D eigenvalue weighted by Crippen LogP contribution is -2.36. The second-order valence-corrected chi connectivity index (χ2v) is 5.43. The lowest BCUT2D eigenvalue weighted by molar-refractivity contribution is -0.137. The van der Waals surface area contributed by atoms with E-state index in [0.717, 1.165) is 16.8 Å². The predicted molar refractivity (Wildman–Crippen MR) is 97.7 cm³/mol. The molecule has 1 amide bonds. The largest absolute Gasteiger partial charge is 0.463 e. The van der Waals surface area contributed by atoms with Crippen molar-refractivity contribution in [3.05, 3.63) is 48.1 Å². The van der Waals surface area contributed by atoms with E-state index in [1.54, 1.807) is 17.9 Å². The summed E-state index contributed by atoms with van der Waals surface area (Å²) in [5.41, 5.74) is 2.70. The van der Waals surface area contributed by atoms with Gasteiger partial charge < -0.3 is 15.0 Å². The Morgan fingerprint density at radius 3 is 2.46 bits per heavy atom. The second kappa shape index (κ2) is 10.3. The van der Waals surface area contributed by atoms with E-state index in [1.807, 2.05) is 38.1 Å². The van der Waals surface area contributed by atoms with Crippen LogP contribution in [0.1, 0.15) is 26.3 Å². The highest BCUT2D eigenvalue weighted by atomic mass is 16.5. The fourth-order valence-electron chi connectivity index (χ4n) is 2.06. The van der Waals surface area contributed by atoms with Crippen molar-refractivity contribution in [2.45, 2.75) is 20.8 Å². The van der Waals surface area contributed by atoms with E-state index in [1.165, 1.54) is 6.08 Å². The number of nitrogens with one attached hydrogen (secondary N) is 1. The van der Waals surface area contributed by atoms with E-state index < -0.39 is 0 Å². The van der Waals surface area contributed by atoms with Gasteiger partial charge in [-0.2, -0.15) is 0 Å². The van der Waals surface area contributed by atoms with Gasteiger partial charge in [-0.25, -0.2) is 4.79 Å². The van der Waals surface area contributed by atoms with Gasteiger partial charge in [0, 0.05) is 24.9 Å². The Labute approximate surface area is 144 Å². The van der Waals surface area contributed by atoms with Crippen LogP contribution in [0.3, 0.4) is 0 Å². The highest BCUT2D eigenvalue weighted by molar-refractivity contribution is 5.87. The van der Waals surface area contributed by atoms with Crippen molar-refractivity contribution in [3.63, 3.8) is 0 Å². The molecule has 5 nitrogen and oxygen atoms in total. The third-order valence-electron chi connectivity index (χ3n) is 3.25. The number of likely N-dealkylation sites (N-methyl/N-ethyl adjacent to an activating group) is 1. The van der Waals surface area contributed by atoms with Gasteiger partial charge in [-0.3, -0.25) is 4.79 Å².